The first-order valence-corrected chi connectivity index (χ1v) is 8.71. The minimum atomic E-state index is -0.694. The smallest absolute Gasteiger partial charge is 0.404 e. The molecule has 1 saturated carbocycles. The Kier molecular flexibility index (Phi) is 5.98. The van der Waals surface area contributed by atoms with Gasteiger partial charge in [0.2, 0.25) is 0 Å². The first-order chi connectivity index (χ1) is 11.3. The van der Waals surface area contributed by atoms with Crippen molar-refractivity contribution in [3.8, 4) is 0 Å². The molecule has 0 radical (unpaired) electrons. The van der Waals surface area contributed by atoms with Crippen LogP contribution in [0.1, 0.15) is 46.0 Å². The van der Waals surface area contributed by atoms with E-state index in [0.717, 1.165) is 43.5 Å². The van der Waals surface area contributed by atoms with Gasteiger partial charge in [-0.2, -0.15) is 0 Å². The molecule has 7 nitrogen and oxygen atoms in total. The van der Waals surface area contributed by atoms with Crippen LogP contribution >= 0.6 is 0 Å². The monoisotopic (exact) mass is 340 g/mol. The number of amides is 1. The predicted molar refractivity (Wildman–Crippen MR) is 92.3 cm³/mol. The van der Waals surface area contributed by atoms with Crippen LogP contribution in [0.15, 0.2) is 11.4 Å². The number of nitrogens with two attached hydrogens (primary N) is 3. The Labute approximate surface area is 144 Å². The van der Waals surface area contributed by atoms with E-state index >= 15 is 0 Å². The number of carbonyl (C=O) groups excluding carboxylic acids is 1. The SMILES string of the molecule is COCCC(C)(C)N(N)/C1=C(\N)CCC2C(CC1)C2COC(N)=O. The molecule has 138 valence electrons. The van der Waals surface area contributed by atoms with Gasteiger partial charge in [0, 0.05) is 25.1 Å². The Morgan fingerprint density at radius 3 is 2.50 bits per heavy atom. The molecular formula is C17H32N4O3. The predicted octanol–water partition coefficient (Wildman–Crippen LogP) is 1.68. The second kappa shape index (κ2) is 7.61. The molecule has 6 N–H and O–H groups in total. The van der Waals surface area contributed by atoms with Crippen molar-refractivity contribution in [2.75, 3.05) is 20.3 Å². The second-order valence-corrected chi connectivity index (χ2v) is 7.60. The molecule has 24 heavy (non-hydrogen) atoms. The van der Waals surface area contributed by atoms with Gasteiger partial charge in [-0.3, -0.25) is 0 Å². The molecule has 2 rings (SSSR count). The number of fused-ring (bicyclic) bond motifs is 1. The van der Waals surface area contributed by atoms with Gasteiger partial charge in [0.15, 0.2) is 0 Å². The van der Waals surface area contributed by atoms with Crippen LogP contribution in [-0.2, 0) is 9.47 Å². The summed E-state index contributed by atoms with van der Waals surface area (Å²) in [6.07, 6.45) is 3.85. The van der Waals surface area contributed by atoms with Crippen molar-refractivity contribution in [2.45, 2.75) is 51.5 Å². The molecule has 7 heteroatoms. The Morgan fingerprint density at radius 1 is 1.29 bits per heavy atom. The number of carbonyl (C=O) groups is 1. The van der Waals surface area contributed by atoms with Gasteiger partial charge in [-0.15, -0.1) is 0 Å². The number of nitrogens with zero attached hydrogens (tertiary/aromatic N) is 1. The number of primary amides is 1. The van der Waals surface area contributed by atoms with Gasteiger partial charge in [0.1, 0.15) is 0 Å². The number of hydrazine groups is 1. The molecule has 0 aromatic carbocycles. The van der Waals surface area contributed by atoms with Gasteiger partial charge in [-0.25, -0.2) is 10.6 Å². The number of hydrogen-bond acceptors (Lipinski definition) is 6. The highest BCUT2D eigenvalue weighted by molar-refractivity contribution is 5.64. The molecular weight excluding hydrogens is 308 g/mol. The Hall–Kier alpha value is -1.47. The van der Waals surface area contributed by atoms with E-state index in [0.29, 0.717) is 31.0 Å². The van der Waals surface area contributed by atoms with E-state index in [-0.39, 0.29) is 5.54 Å². The fourth-order valence-electron chi connectivity index (χ4n) is 3.85. The van der Waals surface area contributed by atoms with Crippen molar-refractivity contribution >= 4 is 6.09 Å². The summed E-state index contributed by atoms with van der Waals surface area (Å²) in [7, 11) is 1.70. The maximum absolute atomic E-state index is 10.8. The summed E-state index contributed by atoms with van der Waals surface area (Å²) < 4.78 is 10.2. The minimum absolute atomic E-state index is 0.216. The number of rotatable bonds is 7. The summed E-state index contributed by atoms with van der Waals surface area (Å²) in [5.74, 6) is 7.99. The lowest BCUT2D eigenvalue weighted by Crippen LogP contribution is -2.49. The van der Waals surface area contributed by atoms with Crippen LogP contribution in [-0.4, -0.2) is 37.0 Å². The average molecular weight is 340 g/mol. The highest BCUT2D eigenvalue weighted by Crippen LogP contribution is 2.54. The summed E-state index contributed by atoms with van der Waals surface area (Å²) in [4.78, 5) is 10.8. The summed E-state index contributed by atoms with van der Waals surface area (Å²) in [5, 5.41) is 1.83. The molecule has 3 unspecified atom stereocenters. The van der Waals surface area contributed by atoms with E-state index in [9.17, 15) is 4.79 Å². The normalized spacial score (nSPS) is 30.1. The van der Waals surface area contributed by atoms with E-state index in [1.165, 1.54) is 0 Å². The third-order valence-electron chi connectivity index (χ3n) is 5.62. The van der Waals surface area contributed by atoms with Crippen LogP contribution in [0.25, 0.3) is 0 Å². The zero-order chi connectivity index (χ0) is 17.9. The highest BCUT2D eigenvalue weighted by Gasteiger charge is 2.50. The lowest BCUT2D eigenvalue weighted by Gasteiger charge is -2.39. The molecule has 0 aromatic heterocycles. The van der Waals surface area contributed by atoms with E-state index in [1.54, 1.807) is 7.11 Å². The lowest BCUT2D eigenvalue weighted by molar-refractivity contribution is 0.0973. The standard InChI is InChI=1S/C17H32N4O3/c1-17(2,8-9-23-3)21(20)15-7-5-12-11(4-6-14(15)18)13(12)10-24-16(19)22/h11-13H,4-10,18,20H2,1-3H3,(H2,19,22)/b15-14-. The van der Waals surface area contributed by atoms with Gasteiger partial charge in [0.05, 0.1) is 12.1 Å². The molecule has 1 fully saturated rings. The summed E-state index contributed by atoms with van der Waals surface area (Å²) in [6.45, 7) is 5.29. The molecule has 0 aliphatic heterocycles. The number of hydrogen-bond donors (Lipinski definition) is 3. The van der Waals surface area contributed by atoms with Crippen molar-refractivity contribution in [1.29, 1.82) is 0 Å². The average Bonchev–Trinajstić information content (AvgIpc) is 3.17. The topological polar surface area (TPSA) is 117 Å². The van der Waals surface area contributed by atoms with Crippen LogP contribution in [0, 0.1) is 17.8 Å². The van der Waals surface area contributed by atoms with Gasteiger partial charge in [0.25, 0.3) is 0 Å². The van der Waals surface area contributed by atoms with Crippen LogP contribution in [0.2, 0.25) is 0 Å². The lowest BCUT2D eigenvalue weighted by atomic mass is 9.95. The molecule has 0 bridgehead atoms. The first-order valence-electron chi connectivity index (χ1n) is 8.71. The third-order valence-corrected chi connectivity index (χ3v) is 5.62. The number of methoxy groups -OCH3 is 1. The molecule has 0 spiro atoms. The Bertz CT molecular complexity index is 492. The van der Waals surface area contributed by atoms with E-state index in [1.807, 2.05) is 5.01 Å². The fraction of sp³-hybridized carbons (Fsp3) is 0.824. The van der Waals surface area contributed by atoms with E-state index in [4.69, 9.17) is 26.8 Å². The fourth-order valence-corrected chi connectivity index (χ4v) is 3.85. The number of allylic oxidation sites excluding steroid dienone is 2. The zero-order valence-electron chi connectivity index (χ0n) is 15.1. The summed E-state index contributed by atoms with van der Waals surface area (Å²) >= 11 is 0. The molecule has 2 aliphatic rings. The molecule has 3 atom stereocenters. The quantitative estimate of drug-likeness (QED) is 0.479. The van der Waals surface area contributed by atoms with Crippen molar-refractivity contribution in [3.05, 3.63) is 11.4 Å². The van der Waals surface area contributed by atoms with Crippen LogP contribution in [0.3, 0.4) is 0 Å². The van der Waals surface area contributed by atoms with Crippen molar-refractivity contribution in [1.82, 2.24) is 5.01 Å². The van der Waals surface area contributed by atoms with Crippen molar-refractivity contribution < 1.29 is 14.3 Å². The Balaban J connectivity index is 1.98. The van der Waals surface area contributed by atoms with Crippen LogP contribution < -0.4 is 17.3 Å². The zero-order valence-corrected chi connectivity index (χ0v) is 15.1. The van der Waals surface area contributed by atoms with E-state index < -0.39 is 6.09 Å². The molecule has 0 saturated heterocycles. The highest BCUT2D eigenvalue weighted by atomic mass is 16.5. The summed E-state index contributed by atoms with van der Waals surface area (Å²) in [5.41, 5.74) is 13.1. The van der Waals surface area contributed by atoms with Crippen molar-refractivity contribution in [2.24, 2.45) is 35.1 Å². The van der Waals surface area contributed by atoms with Gasteiger partial charge in [-0.1, -0.05) is 0 Å². The molecule has 0 aromatic rings. The molecule has 0 heterocycles. The third kappa shape index (κ3) is 4.33. The molecule has 2 aliphatic carbocycles. The van der Waals surface area contributed by atoms with Gasteiger partial charge < -0.3 is 25.9 Å². The van der Waals surface area contributed by atoms with Crippen molar-refractivity contribution in [3.63, 3.8) is 0 Å². The van der Waals surface area contributed by atoms with Crippen LogP contribution in [0.4, 0.5) is 4.79 Å². The largest absolute Gasteiger partial charge is 0.449 e. The minimum Gasteiger partial charge on any atom is -0.449 e. The summed E-state index contributed by atoms with van der Waals surface area (Å²) in [6, 6.07) is 0. The van der Waals surface area contributed by atoms with Gasteiger partial charge >= 0.3 is 6.09 Å². The van der Waals surface area contributed by atoms with E-state index in [2.05, 4.69) is 13.8 Å². The second-order valence-electron chi connectivity index (χ2n) is 7.60. The first kappa shape index (κ1) is 18.9. The molecule has 1 amide bonds. The van der Waals surface area contributed by atoms with Crippen LogP contribution in [0.5, 0.6) is 0 Å². The number of ether oxygens (including phenoxy) is 2. The maximum atomic E-state index is 10.8. The maximum Gasteiger partial charge on any atom is 0.404 e. The van der Waals surface area contributed by atoms with Gasteiger partial charge in [-0.05, 0) is 63.7 Å². The Morgan fingerprint density at radius 2 is 1.92 bits per heavy atom.